The molecule has 4 heteroatoms. The molecule has 0 aliphatic carbocycles. The summed E-state index contributed by atoms with van der Waals surface area (Å²) < 4.78 is 5.90. The third kappa shape index (κ3) is 5.83. The molecule has 1 amide bonds. The lowest BCUT2D eigenvalue weighted by molar-refractivity contribution is -0.121. The largest absolute Gasteiger partial charge is 0.461 e. The second-order valence-electron chi connectivity index (χ2n) is 8.17. The van der Waals surface area contributed by atoms with E-state index in [1.54, 1.807) is 0 Å². The van der Waals surface area contributed by atoms with Gasteiger partial charge in [-0.1, -0.05) is 60.7 Å². The van der Waals surface area contributed by atoms with E-state index in [4.69, 9.17) is 4.42 Å². The van der Waals surface area contributed by atoms with E-state index in [0.717, 1.165) is 43.3 Å². The molecule has 1 aliphatic rings. The Morgan fingerprint density at radius 2 is 1.77 bits per heavy atom. The van der Waals surface area contributed by atoms with Gasteiger partial charge in [-0.25, -0.2) is 0 Å². The van der Waals surface area contributed by atoms with Crippen molar-refractivity contribution < 1.29 is 9.21 Å². The van der Waals surface area contributed by atoms with Crippen LogP contribution in [0.15, 0.2) is 77.2 Å². The van der Waals surface area contributed by atoms with Crippen LogP contribution in [0.4, 0.5) is 0 Å². The van der Waals surface area contributed by atoms with E-state index in [9.17, 15) is 4.79 Å². The summed E-state index contributed by atoms with van der Waals surface area (Å²) in [5.74, 6) is 2.34. The molecule has 4 rings (SSSR count). The van der Waals surface area contributed by atoms with Gasteiger partial charge in [-0.05, 0) is 43.0 Å². The molecule has 0 radical (unpaired) electrons. The minimum Gasteiger partial charge on any atom is -0.461 e. The molecule has 1 aromatic heterocycles. The second-order valence-corrected chi connectivity index (χ2v) is 8.17. The Hall–Kier alpha value is -2.85. The van der Waals surface area contributed by atoms with Crippen molar-refractivity contribution in [3.63, 3.8) is 0 Å². The van der Waals surface area contributed by atoms with Crippen LogP contribution in [0.3, 0.4) is 0 Å². The summed E-state index contributed by atoms with van der Waals surface area (Å²) in [5.41, 5.74) is 2.42. The molecular formula is C26H30N2O2. The molecule has 1 saturated heterocycles. The van der Waals surface area contributed by atoms with Gasteiger partial charge in [0.1, 0.15) is 11.5 Å². The fourth-order valence-corrected chi connectivity index (χ4v) is 4.16. The van der Waals surface area contributed by atoms with Crippen molar-refractivity contribution in [2.24, 2.45) is 5.92 Å². The van der Waals surface area contributed by atoms with Crippen LogP contribution >= 0.6 is 0 Å². The van der Waals surface area contributed by atoms with Crippen molar-refractivity contribution in [1.82, 2.24) is 10.2 Å². The second kappa shape index (κ2) is 10.3. The lowest BCUT2D eigenvalue weighted by atomic mass is 9.97. The number of nitrogens with zero attached hydrogens (tertiary/aromatic N) is 1. The van der Waals surface area contributed by atoms with Gasteiger partial charge in [-0.3, -0.25) is 9.69 Å². The Kier molecular flexibility index (Phi) is 6.99. The number of likely N-dealkylation sites (tertiary alicyclic amines) is 1. The van der Waals surface area contributed by atoms with Crippen LogP contribution in [0, 0.1) is 5.92 Å². The minimum absolute atomic E-state index is 0.104. The molecule has 1 N–H and O–H groups in total. The number of hydrogen-bond acceptors (Lipinski definition) is 3. The van der Waals surface area contributed by atoms with Crippen molar-refractivity contribution in [2.45, 2.75) is 32.2 Å². The normalized spacial score (nSPS) is 17.0. The first-order chi connectivity index (χ1) is 14.8. The maximum Gasteiger partial charge on any atom is 0.220 e. The molecule has 0 bridgehead atoms. The van der Waals surface area contributed by atoms with Gasteiger partial charge in [-0.15, -0.1) is 0 Å². The van der Waals surface area contributed by atoms with E-state index in [2.05, 4.69) is 40.5 Å². The van der Waals surface area contributed by atoms with Crippen LogP contribution in [0.5, 0.6) is 0 Å². The number of piperidine rings is 1. The number of aryl methyl sites for hydroxylation is 1. The molecule has 1 unspecified atom stereocenters. The summed E-state index contributed by atoms with van der Waals surface area (Å²) in [6.07, 6.45) is 3.47. The first-order valence-electron chi connectivity index (χ1n) is 10.9. The van der Waals surface area contributed by atoms with Crippen LogP contribution in [0.1, 0.15) is 30.6 Å². The van der Waals surface area contributed by atoms with Gasteiger partial charge >= 0.3 is 0 Å². The first-order valence-corrected chi connectivity index (χ1v) is 10.9. The van der Waals surface area contributed by atoms with Crippen molar-refractivity contribution in [1.29, 1.82) is 0 Å². The Balaban J connectivity index is 1.19. The number of rotatable bonds is 8. The summed E-state index contributed by atoms with van der Waals surface area (Å²) in [6.45, 7) is 3.94. The molecule has 30 heavy (non-hydrogen) atoms. The van der Waals surface area contributed by atoms with Gasteiger partial charge in [-0.2, -0.15) is 0 Å². The molecule has 0 spiro atoms. The molecule has 1 fully saturated rings. The van der Waals surface area contributed by atoms with Crippen LogP contribution in [-0.2, 0) is 17.8 Å². The maximum absolute atomic E-state index is 12.3. The van der Waals surface area contributed by atoms with Gasteiger partial charge in [0, 0.05) is 38.0 Å². The molecule has 1 aliphatic heterocycles. The van der Waals surface area contributed by atoms with Crippen molar-refractivity contribution >= 4 is 5.91 Å². The molecular weight excluding hydrogens is 372 g/mol. The average Bonchev–Trinajstić information content (AvgIpc) is 3.27. The summed E-state index contributed by atoms with van der Waals surface area (Å²) in [5, 5.41) is 3.14. The molecule has 1 atom stereocenters. The summed E-state index contributed by atoms with van der Waals surface area (Å²) >= 11 is 0. The zero-order chi connectivity index (χ0) is 20.6. The van der Waals surface area contributed by atoms with E-state index in [0.29, 0.717) is 18.8 Å². The Morgan fingerprint density at radius 1 is 1.00 bits per heavy atom. The lowest BCUT2D eigenvalue weighted by Gasteiger charge is -2.32. The van der Waals surface area contributed by atoms with Crippen LogP contribution < -0.4 is 5.32 Å². The van der Waals surface area contributed by atoms with Gasteiger partial charge in [0.25, 0.3) is 0 Å². The summed E-state index contributed by atoms with van der Waals surface area (Å²) in [7, 11) is 0. The summed E-state index contributed by atoms with van der Waals surface area (Å²) in [6, 6.07) is 24.6. The van der Waals surface area contributed by atoms with Crippen molar-refractivity contribution in [3.05, 3.63) is 84.1 Å². The average molecular weight is 403 g/mol. The smallest absolute Gasteiger partial charge is 0.220 e. The molecule has 156 valence electrons. The number of nitrogens with one attached hydrogen (secondary N) is 1. The Morgan fingerprint density at radius 3 is 2.57 bits per heavy atom. The first kappa shape index (κ1) is 20.4. The number of furan rings is 1. The van der Waals surface area contributed by atoms with E-state index < -0.39 is 0 Å². The van der Waals surface area contributed by atoms with Gasteiger partial charge in [0.15, 0.2) is 0 Å². The molecule has 2 aromatic carbocycles. The zero-order valence-corrected chi connectivity index (χ0v) is 17.4. The quantitative estimate of drug-likeness (QED) is 0.582. The number of benzene rings is 2. The topological polar surface area (TPSA) is 45.5 Å². The lowest BCUT2D eigenvalue weighted by Crippen LogP contribution is -2.40. The third-order valence-electron chi connectivity index (χ3n) is 5.76. The van der Waals surface area contributed by atoms with E-state index in [-0.39, 0.29) is 5.91 Å². The van der Waals surface area contributed by atoms with Crippen LogP contribution in [0.2, 0.25) is 0 Å². The highest BCUT2D eigenvalue weighted by Crippen LogP contribution is 2.22. The van der Waals surface area contributed by atoms with Gasteiger partial charge < -0.3 is 9.73 Å². The van der Waals surface area contributed by atoms with Crippen molar-refractivity contribution in [3.8, 4) is 11.3 Å². The molecule has 4 nitrogen and oxygen atoms in total. The minimum atomic E-state index is 0.104. The van der Waals surface area contributed by atoms with E-state index >= 15 is 0 Å². The zero-order valence-electron chi connectivity index (χ0n) is 17.4. The Labute approximate surface area is 178 Å². The Bertz CT molecular complexity index is 920. The number of carbonyl (C=O) groups is 1. The van der Waals surface area contributed by atoms with Crippen molar-refractivity contribution in [2.75, 3.05) is 19.6 Å². The SMILES string of the molecule is O=C(CCc1ccc(-c2ccccc2)o1)NCC1CCCN(Cc2ccccc2)C1. The van der Waals surface area contributed by atoms with Crippen LogP contribution in [0.25, 0.3) is 11.3 Å². The summed E-state index contributed by atoms with van der Waals surface area (Å²) in [4.78, 5) is 14.8. The third-order valence-corrected chi connectivity index (χ3v) is 5.76. The highest BCUT2D eigenvalue weighted by molar-refractivity contribution is 5.76. The number of carbonyl (C=O) groups excluding carboxylic acids is 1. The molecule has 0 saturated carbocycles. The monoisotopic (exact) mass is 402 g/mol. The molecule has 3 aromatic rings. The fourth-order valence-electron chi connectivity index (χ4n) is 4.16. The highest BCUT2D eigenvalue weighted by atomic mass is 16.3. The van der Waals surface area contributed by atoms with E-state index in [1.807, 2.05) is 42.5 Å². The number of amides is 1. The van der Waals surface area contributed by atoms with Crippen LogP contribution in [-0.4, -0.2) is 30.4 Å². The number of hydrogen-bond donors (Lipinski definition) is 1. The fraction of sp³-hybridized carbons (Fsp3) is 0.346. The predicted octanol–water partition coefficient (Wildman–Crippen LogP) is 4.91. The maximum atomic E-state index is 12.3. The van der Waals surface area contributed by atoms with Gasteiger partial charge in [0.05, 0.1) is 0 Å². The predicted molar refractivity (Wildman–Crippen MR) is 120 cm³/mol. The molecule has 2 heterocycles. The van der Waals surface area contributed by atoms with E-state index in [1.165, 1.54) is 18.4 Å². The van der Waals surface area contributed by atoms with Gasteiger partial charge in [0.2, 0.25) is 5.91 Å². The standard InChI is InChI=1S/C26H30N2O2/c29-26(16-14-24-13-15-25(30-24)23-11-5-2-6-12-23)27-18-22-10-7-17-28(20-22)19-21-8-3-1-4-9-21/h1-6,8-9,11-13,15,22H,7,10,14,16-20H2,(H,27,29). The highest BCUT2D eigenvalue weighted by Gasteiger charge is 2.20.